The molecule has 3 aromatic rings. The van der Waals surface area contributed by atoms with Gasteiger partial charge in [0.1, 0.15) is 23.9 Å². The summed E-state index contributed by atoms with van der Waals surface area (Å²) in [5.41, 5.74) is 2.01. The molecule has 0 N–H and O–H groups in total. The van der Waals surface area contributed by atoms with Crippen molar-refractivity contribution in [3.05, 3.63) is 71.2 Å². The molecule has 32 heavy (non-hydrogen) atoms. The number of aromatic nitrogens is 1. The van der Waals surface area contributed by atoms with E-state index in [4.69, 9.17) is 14.2 Å². The number of nitrogens with zero attached hydrogens (tertiary/aromatic N) is 1. The van der Waals surface area contributed by atoms with Crippen molar-refractivity contribution < 1.29 is 23.4 Å². The summed E-state index contributed by atoms with van der Waals surface area (Å²) in [5, 5.41) is 0.876. The van der Waals surface area contributed by atoms with E-state index < -0.39 is 11.2 Å². The molecule has 1 fully saturated rings. The molecule has 6 heteroatoms. The van der Waals surface area contributed by atoms with Crippen molar-refractivity contribution in [3.63, 3.8) is 0 Å². The fraction of sp³-hybridized carbons (Fsp3) is 0.423. The molecule has 1 atom stereocenters. The van der Waals surface area contributed by atoms with Crippen molar-refractivity contribution >= 4 is 16.9 Å². The molecule has 1 aromatic heterocycles. The van der Waals surface area contributed by atoms with Crippen LogP contribution in [-0.4, -0.2) is 29.0 Å². The Hall–Kier alpha value is -2.70. The maximum Gasteiger partial charge on any atom is 0.317 e. The van der Waals surface area contributed by atoms with Crippen LogP contribution in [0.3, 0.4) is 0 Å². The summed E-state index contributed by atoms with van der Waals surface area (Å²) in [6, 6.07) is 14.9. The van der Waals surface area contributed by atoms with Crippen LogP contribution in [0.15, 0.2) is 48.5 Å². The zero-order chi connectivity index (χ0) is 23.1. The molecule has 0 amide bonds. The maximum absolute atomic E-state index is 14.5. The molecule has 0 bridgehead atoms. The molecule has 170 valence electrons. The first-order valence-electron chi connectivity index (χ1n) is 10.9. The lowest BCUT2D eigenvalue weighted by atomic mass is 9.89. The van der Waals surface area contributed by atoms with Crippen LogP contribution in [0, 0.1) is 12.7 Å². The van der Waals surface area contributed by atoms with E-state index in [1.807, 2.05) is 74.7 Å². The molecule has 2 heterocycles. The van der Waals surface area contributed by atoms with E-state index >= 15 is 0 Å². The number of halogens is 1. The second-order valence-electron chi connectivity index (χ2n) is 9.44. The Morgan fingerprint density at radius 1 is 1.22 bits per heavy atom. The topological polar surface area (TPSA) is 49.7 Å². The third kappa shape index (κ3) is 4.43. The van der Waals surface area contributed by atoms with Gasteiger partial charge in [-0.15, -0.1) is 0 Å². The standard InChI is InChI=1S/C26H30FNO4/c1-17-11-19-12-23(25(2,3)24(29)30-15-18-9-7-6-8-10-18)28(22(19)13-21(17)27)14-20-16-31-26(4,5)32-20/h6-13,20H,14-16H2,1-5H3. The normalized spacial score (nSPS) is 18.2. The molecule has 4 rings (SSSR count). The number of rotatable bonds is 6. The highest BCUT2D eigenvalue weighted by molar-refractivity contribution is 5.88. The average molecular weight is 440 g/mol. The van der Waals surface area contributed by atoms with Crippen molar-refractivity contribution in [2.24, 2.45) is 0 Å². The van der Waals surface area contributed by atoms with Gasteiger partial charge in [-0.3, -0.25) is 4.79 Å². The maximum atomic E-state index is 14.5. The minimum Gasteiger partial charge on any atom is -0.460 e. The predicted molar refractivity (Wildman–Crippen MR) is 121 cm³/mol. The Balaban J connectivity index is 1.68. The summed E-state index contributed by atoms with van der Waals surface area (Å²) >= 11 is 0. The van der Waals surface area contributed by atoms with Crippen LogP contribution in [0.5, 0.6) is 0 Å². The predicted octanol–water partition coefficient (Wildman–Crippen LogP) is 5.26. The monoisotopic (exact) mass is 439 g/mol. The van der Waals surface area contributed by atoms with E-state index in [0.29, 0.717) is 18.7 Å². The van der Waals surface area contributed by atoms with Crippen LogP contribution < -0.4 is 0 Å². The van der Waals surface area contributed by atoms with E-state index in [0.717, 1.165) is 22.2 Å². The van der Waals surface area contributed by atoms with Gasteiger partial charge >= 0.3 is 5.97 Å². The summed E-state index contributed by atoms with van der Waals surface area (Å²) in [7, 11) is 0. The highest BCUT2D eigenvalue weighted by Crippen LogP contribution is 2.34. The van der Waals surface area contributed by atoms with Crippen LogP contribution in [-0.2, 0) is 37.6 Å². The zero-order valence-corrected chi connectivity index (χ0v) is 19.3. The lowest BCUT2D eigenvalue weighted by Crippen LogP contribution is -2.35. The fourth-order valence-electron chi connectivity index (χ4n) is 4.18. The molecule has 0 radical (unpaired) electrons. The first-order chi connectivity index (χ1) is 15.1. The molecule has 0 aliphatic carbocycles. The number of carbonyl (C=O) groups excluding carboxylic acids is 1. The van der Waals surface area contributed by atoms with Crippen molar-refractivity contribution in [3.8, 4) is 0 Å². The third-order valence-corrected chi connectivity index (χ3v) is 6.00. The Bertz CT molecular complexity index is 1130. The number of ether oxygens (including phenoxy) is 3. The van der Waals surface area contributed by atoms with Gasteiger partial charge in [0.05, 0.1) is 18.7 Å². The first-order valence-corrected chi connectivity index (χ1v) is 10.9. The number of fused-ring (bicyclic) bond motifs is 1. The number of esters is 1. The summed E-state index contributed by atoms with van der Waals surface area (Å²) < 4.78 is 33.8. The summed E-state index contributed by atoms with van der Waals surface area (Å²) in [6.07, 6.45) is -0.208. The van der Waals surface area contributed by atoms with Gasteiger partial charge < -0.3 is 18.8 Å². The van der Waals surface area contributed by atoms with E-state index in [9.17, 15) is 9.18 Å². The molecule has 1 aliphatic heterocycles. The van der Waals surface area contributed by atoms with E-state index in [2.05, 4.69) is 0 Å². The lowest BCUT2D eigenvalue weighted by molar-refractivity contribution is -0.151. The number of aryl methyl sites for hydroxylation is 1. The quantitative estimate of drug-likeness (QED) is 0.492. The van der Waals surface area contributed by atoms with Crippen molar-refractivity contribution in [2.45, 2.75) is 65.1 Å². The van der Waals surface area contributed by atoms with E-state index in [-0.39, 0.29) is 24.5 Å². The minimum absolute atomic E-state index is 0.199. The van der Waals surface area contributed by atoms with Gasteiger partial charge in [0.2, 0.25) is 0 Å². The minimum atomic E-state index is -0.951. The van der Waals surface area contributed by atoms with Gasteiger partial charge in [-0.1, -0.05) is 30.3 Å². The van der Waals surface area contributed by atoms with Gasteiger partial charge in [0.25, 0.3) is 0 Å². The van der Waals surface area contributed by atoms with Crippen LogP contribution in [0.4, 0.5) is 4.39 Å². The smallest absolute Gasteiger partial charge is 0.317 e. The molecular weight excluding hydrogens is 409 g/mol. The van der Waals surface area contributed by atoms with Crippen molar-refractivity contribution in [1.29, 1.82) is 0 Å². The SMILES string of the molecule is Cc1cc2cc(C(C)(C)C(=O)OCc3ccccc3)n(CC3COC(C)(C)O3)c2cc1F. The lowest BCUT2D eigenvalue weighted by Gasteiger charge is -2.26. The summed E-state index contributed by atoms with van der Waals surface area (Å²) in [5.74, 6) is -1.29. The second kappa shape index (κ2) is 8.34. The molecule has 1 aliphatic rings. The molecule has 1 unspecified atom stereocenters. The summed E-state index contributed by atoms with van der Waals surface area (Å²) in [6.45, 7) is 10.2. The largest absolute Gasteiger partial charge is 0.460 e. The molecule has 5 nitrogen and oxygen atoms in total. The van der Waals surface area contributed by atoms with Crippen molar-refractivity contribution in [2.75, 3.05) is 6.61 Å². The van der Waals surface area contributed by atoms with Crippen LogP contribution in [0.1, 0.15) is 44.5 Å². The number of benzene rings is 2. The second-order valence-corrected chi connectivity index (χ2v) is 9.44. The number of carbonyl (C=O) groups is 1. The van der Waals surface area contributed by atoms with Crippen LogP contribution in [0.2, 0.25) is 0 Å². The third-order valence-electron chi connectivity index (χ3n) is 6.00. The highest BCUT2D eigenvalue weighted by atomic mass is 19.1. The van der Waals surface area contributed by atoms with Crippen LogP contribution in [0.25, 0.3) is 10.9 Å². The molecule has 0 saturated carbocycles. The van der Waals surface area contributed by atoms with E-state index in [1.165, 1.54) is 6.07 Å². The van der Waals surface area contributed by atoms with Gasteiger partial charge in [-0.05, 0) is 63.9 Å². The van der Waals surface area contributed by atoms with Gasteiger partial charge in [0.15, 0.2) is 5.79 Å². The Morgan fingerprint density at radius 3 is 2.59 bits per heavy atom. The Labute approximate surface area is 188 Å². The molecule has 1 saturated heterocycles. The molecule has 2 aromatic carbocycles. The highest BCUT2D eigenvalue weighted by Gasteiger charge is 2.38. The molecular formula is C26H30FNO4. The number of hydrogen-bond donors (Lipinski definition) is 0. The first kappa shape index (κ1) is 22.5. The Morgan fingerprint density at radius 2 is 1.94 bits per heavy atom. The molecule has 0 spiro atoms. The zero-order valence-electron chi connectivity index (χ0n) is 19.3. The fourth-order valence-corrected chi connectivity index (χ4v) is 4.18. The summed E-state index contributed by atoms with van der Waals surface area (Å²) in [4.78, 5) is 13.2. The van der Waals surface area contributed by atoms with Gasteiger partial charge in [-0.2, -0.15) is 0 Å². The van der Waals surface area contributed by atoms with Crippen molar-refractivity contribution in [1.82, 2.24) is 4.57 Å². The van der Waals surface area contributed by atoms with Crippen LogP contribution >= 0.6 is 0 Å². The Kier molecular flexibility index (Phi) is 5.86. The average Bonchev–Trinajstić information content (AvgIpc) is 3.27. The van der Waals surface area contributed by atoms with Gasteiger partial charge in [-0.25, -0.2) is 4.39 Å². The number of hydrogen-bond acceptors (Lipinski definition) is 4. The van der Waals surface area contributed by atoms with E-state index in [1.54, 1.807) is 6.92 Å². The van der Waals surface area contributed by atoms with Gasteiger partial charge in [0, 0.05) is 11.1 Å².